The summed E-state index contributed by atoms with van der Waals surface area (Å²) in [5.41, 5.74) is 1.72. The summed E-state index contributed by atoms with van der Waals surface area (Å²) in [6.45, 7) is 4.13. The molecule has 5 N–H and O–H groups in total. The number of hydrogen-bond acceptors (Lipinski definition) is 5. The highest BCUT2D eigenvalue weighted by atomic mass is 31.2. The molecule has 0 aliphatic carbocycles. The van der Waals surface area contributed by atoms with Crippen molar-refractivity contribution >= 4 is 7.82 Å². The molecule has 0 aromatic heterocycles. The Hall–Kier alpha value is -2.21. The van der Waals surface area contributed by atoms with Gasteiger partial charge in [-0.2, -0.15) is 0 Å². The Kier molecular flexibility index (Phi) is 6.18. The van der Waals surface area contributed by atoms with Gasteiger partial charge in [-0.3, -0.25) is 9.79 Å². The number of hydrogen-bond donors (Lipinski definition) is 5. The minimum absolute atomic E-state index is 0.145. The van der Waals surface area contributed by atoms with Gasteiger partial charge in [-0.05, 0) is 60.1 Å². The molecule has 0 aliphatic heterocycles. The molecule has 2 aromatic carbocycles. The summed E-state index contributed by atoms with van der Waals surface area (Å²) in [5, 5.41) is 28.8. The van der Waals surface area contributed by atoms with Crippen LogP contribution in [0.4, 0.5) is 0 Å². The highest BCUT2D eigenvalue weighted by Gasteiger charge is 2.20. The molecule has 0 heterocycles. The lowest BCUT2D eigenvalue weighted by molar-refractivity contribution is 0.277. The van der Waals surface area contributed by atoms with E-state index in [4.69, 9.17) is 9.79 Å². The zero-order valence-corrected chi connectivity index (χ0v) is 15.4. The van der Waals surface area contributed by atoms with Crippen molar-refractivity contribution in [3.63, 3.8) is 0 Å². The van der Waals surface area contributed by atoms with Crippen LogP contribution in [0.3, 0.4) is 0 Å². The second-order valence-electron chi connectivity index (χ2n) is 6.57. The molecule has 0 spiro atoms. The van der Waals surface area contributed by atoms with Crippen molar-refractivity contribution in [3.05, 3.63) is 47.5 Å². The summed E-state index contributed by atoms with van der Waals surface area (Å²) in [6, 6.07) is 9.18. The van der Waals surface area contributed by atoms with Crippen LogP contribution in [0.15, 0.2) is 36.4 Å². The lowest BCUT2D eigenvalue weighted by atomic mass is 9.85. The third-order valence-electron chi connectivity index (χ3n) is 4.37. The summed E-state index contributed by atoms with van der Waals surface area (Å²) in [6.07, 6.45) is 1.36. The van der Waals surface area contributed by atoms with E-state index >= 15 is 0 Å². The van der Waals surface area contributed by atoms with Crippen LogP contribution in [0, 0.1) is 11.8 Å². The second-order valence-corrected chi connectivity index (χ2v) is 7.73. The van der Waals surface area contributed by atoms with E-state index in [2.05, 4.69) is 18.4 Å². The van der Waals surface area contributed by atoms with Crippen molar-refractivity contribution in [2.45, 2.75) is 26.7 Å². The van der Waals surface area contributed by atoms with Crippen molar-refractivity contribution in [1.82, 2.24) is 0 Å². The quantitative estimate of drug-likeness (QED) is 0.367. The Labute approximate surface area is 151 Å². The van der Waals surface area contributed by atoms with Crippen molar-refractivity contribution in [1.29, 1.82) is 0 Å². The Morgan fingerprint density at radius 1 is 0.846 bits per heavy atom. The highest BCUT2D eigenvalue weighted by molar-refractivity contribution is 7.46. The minimum atomic E-state index is -4.72. The molecule has 0 saturated heterocycles. The average Bonchev–Trinajstić information content (AvgIpc) is 2.52. The van der Waals surface area contributed by atoms with E-state index in [0.717, 1.165) is 11.1 Å². The summed E-state index contributed by atoms with van der Waals surface area (Å²) >= 11 is 0. The van der Waals surface area contributed by atoms with E-state index in [0.29, 0.717) is 12.8 Å². The Bertz CT molecular complexity index is 815. The van der Waals surface area contributed by atoms with Gasteiger partial charge in [-0.25, -0.2) is 4.57 Å². The Morgan fingerprint density at radius 2 is 1.35 bits per heavy atom. The van der Waals surface area contributed by atoms with E-state index < -0.39 is 7.82 Å². The van der Waals surface area contributed by atoms with Crippen molar-refractivity contribution in [2.75, 3.05) is 0 Å². The summed E-state index contributed by atoms with van der Waals surface area (Å²) in [4.78, 5) is 17.6. The summed E-state index contributed by atoms with van der Waals surface area (Å²) in [7, 11) is -4.72. The summed E-state index contributed by atoms with van der Waals surface area (Å²) in [5.74, 6) is -0.391. The molecule has 2 aromatic rings. The lowest BCUT2D eigenvalue weighted by Gasteiger charge is -2.21. The number of rotatable bonds is 7. The maximum Gasteiger partial charge on any atom is 0.524 e. The molecule has 0 aliphatic rings. The molecular weight excluding hydrogens is 359 g/mol. The maximum absolute atomic E-state index is 10.9. The molecule has 2 atom stereocenters. The molecule has 0 bridgehead atoms. The van der Waals surface area contributed by atoms with Crippen LogP contribution >= 0.6 is 7.82 Å². The third-order valence-corrected chi connectivity index (χ3v) is 4.80. The van der Waals surface area contributed by atoms with Gasteiger partial charge in [0.2, 0.25) is 0 Å². The molecule has 2 rings (SSSR count). The van der Waals surface area contributed by atoms with Crippen LogP contribution in [0.2, 0.25) is 0 Å². The van der Waals surface area contributed by atoms with Crippen LogP contribution in [0.1, 0.15) is 25.0 Å². The molecule has 0 saturated carbocycles. The zero-order chi connectivity index (χ0) is 19.5. The van der Waals surface area contributed by atoms with Gasteiger partial charge < -0.3 is 19.8 Å². The molecule has 0 radical (unpaired) electrons. The molecule has 8 heteroatoms. The first-order valence-corrected chi connectivity index (χ1v) is 9.66. The van der Waals surface area contributed by atoms with Crippen LogP contribution < -0.4 is 4.52 Å². The first-order chi connectivity index (χ1) is 12.0. The number of aromatic hydroxyl groups is 3. The van der Waals surface area contributed by atoms with E-state index in [1.54, 1.807) is 18.2 Å². The van der Waals surface area contributed by atoms with E-state index in [9.17, 15) is 19.9 Å². The topological polar surface area (TPSA) is 127 Å². The molecule has 0 amide bonds. The van der Waals surface area contributed by atoms with Gasteiger partial charge in [0.15, 0.2) is 23.0 Å². The standard InChI is InChI=1S/C18H23O7P/c1-11(7-13-3-5-15(19)16(20)9-13)12(2)8-14-4-6-18(17(21)10-14)25-26(22,23)24/h3-6,9-12,19-21H,7-8H2,1-2H3,(H2,22,23,24). The predicted molar refractivity (Wildman–Crippen MR) is 96.3 cm³/mol. The highest BCUT2D eigenvalue weighted by Crippen LogP contribution is 2.42. The molecule has 7 nitrogen and oxygen atoms in total. The van der Waals surface area contributed by atoms with Gasteiger partial charge >= 0.3 is 7.82 Å². The summed E-state index contributed by atoms with van der Waals surface area (Å²) < 4.78 is 15.3. The number of benzene rings is 2. The van der Waals surface area contributed by atoms with Crippen LogP contribution in [0.5, 0.6) is 23.0 Å². The monoisotopic (exact) mass is 382 g/mol. The van der Waals surface area contributed by atoms with Gasteiger partial charge in [-0.1, -0.05) is 26.0 Å². The van der Waals surface area contributed by atoms with E-state index in [1.807, 2.05) is 0 Å². The SMILES string of the molecule is CC(Cc1ccc(O)c(O)c1)C(C)Cc1ccc(OP(=O)(O)O)c(O)c1. The van der Waals surface area contributed by atoms with Crippen LogP contribution in [0.25, 0.3) is 0 Å². The van der Waals surface area contributed by atoms with E-state index in [1.165, 1.54) is 18.2 Å². The smallest absolute Gasteiger partial charge is 0.504 e. The average molecular weight is 382 g/mol. The zero-order valence-electron chi connectivity index (χ0n) is 14.5. The number of phosphoric acid groups is 1. The van der Waals surface area contributed by atoms with Crippen molar-refractivity contribution in [3.8, 4) is 23.0 Å². The number of phenols is 3. The fraction of sp³-hybridized carbons (Fsp3) is 0.333. The van der Waals surface area contributed by atoms with Crippen molar-refractivity contribution in [2.24, 2.45) is 11.8 Å². The van der Waals surface area contributed by atoms with Gasteiger partial charge in [0.05, 0.1) is 0 Å². The van der Waals surface area contributed by atoms with Gasteiger partial charge in [-0.15, -0.1) is 0 Å². The molecule has 26 heavy (non-hydrogen) atoms. The molecular formula is C18H23O7P. The first-order valence-electron chi connectivity index (χ1n) is 8.13. The largest absolute Gasteiger partial charge is 0.524 e. The Balaban J connectivity index is 2.01. The Morgan fingerprint density at radius 3 is 1.81 bits per heavy atom. The number of phosphoric ester groups is 1. The molecule has 0 fully saturated rings. The van der Waals surface area contributed by atoms with Gasteiger partial charge in [0.1, 0.15) is 0 Å². The fourth-order valence-corrected chi connectivity index (χ4v) is 3.15. The lowest BCUT2D eigenvalue weighted by Crippen LogP contribution is -2.13. The predicted octanol–water partition coefficient (Wildman–Crippen LogP) is 3.33. The normalized spacial score (nSPS) is 14.0. The first kappa shape index (κ1) is 20.1. The maximum atomic E-state index is 10.9. The fourth-order valence-electron chi connectivity index (χ4n) is 2.74. The van der Waals surface area contributed by atoms with E-state index in [-0.39, 0.29) is 34.8 Å². The molecule has 2 unspecified atom stereocenters. The molecule has 142 valence electrons. The minimum Gasteiger partial charge on any atom is -0.504 e. The van der Waals surface area contributed by atoms with Crippen LogP contribution in [-0.4, -0.2) is 25.1 Å². The van der Waals surface area contributed by atoms with Gasteiger partial charge in [0, 0.05) is 0 Å². The third kappa shape index (κ3) is 5.66. The van der Waals surface area contributed by atoms with Crippen molar-refractivity contribution < 1.29 is 34.2 Å². The second kappa shape index (κ2) is 7.99. The number of phenolic OH excluding ortho intramolecular Hbond substituents is 3. The van der Waals surface area contributed by atoms with Crippen LogP contribution in [-0.2, 0) is 17.4 Å². The van der Waals surface area contributed by atoms with Gasteiger partial charge in [0.25, 0.3) is 0 Å².